The van der Waals surface area contributed by atoms with Crippen LogP contribution in [0.5, 0.6) is 5.75 Å². The molecule has 1 atom stereocenters. The predicted octanol–water partition coefficient (Wildman–Crippen LogP) is 3.99. The highest BCUT2D eigenvalue weighted by Gasteiger charge is 2.20. The second-order valence-electron chi connectivity index (χ2n) is 5.25. The number of carboxylic acid groups (broad SMARTS) is 1. The summed E-state index contributed by atoms with van der Waals surface area (Å²) in [7, 11) is 0. The third-order valence-electron chi connectivity index (χ3n) is 2.71. The van der Waals surface area contributed by atoms with E-state index in [4.69, 9.17) is 9.84 Å². The number of hydrogen-bond donors (Lipinski definition) is 1. The summed E-state index contributed by atoms with van der Waals surface area (Å²) < 4.78 is 6.26. The van der Waals surface area contributed by atoms with Gasteiger partial charge in [0.15, 0.2) is 6.10 Å². The molecular formula is C14H19BrO3. The minimum Gasteiger partial charge on any atom is -0.479 e. The first-order chi connectivity index (χ1) is 8.25. The number of carboxylic acids is 1. The lowest BCUT2D eigenvalue weighted by Gasteiger charge is -2.21. The Bertz CT molecular complexity index is 435. The van der Waals surface area contributed by atoms with Gasteiger partial charge in [-0.1, -0.05) is 33.8 Å². The van der Waals surface area contributed by atoms with Crippen molar-refractivity contribution < 1.29 is 14.6 Å². The molecule has 1 rings (SSSR count). The molecular weight excluding hydrogens is 296 g/mol. The van der Waals surface area contributed by atoms with Crippen molar-refractivity contribution in [1.82, 2.24) is 0 Å². The molecule has 0 aliphatic carbocycles. The van der Waals surface area contributed by atoms with E-state index in [0.717, 1.165) is 4.47 Å². The van der Waals surface area contributed by atoms with Gasteiger partial charge in [-0.05, 0) is 45.5 Å². The molecule has 0 radical (unpaired) electrons. The molecule has 0 heterocycles. The Morgan fingerprint density at radius 2 is 2.06 bits per heavy atom. The van der Waals surface area contributed by atoms with E-state index in [1.807, 2.05) is 18.2 Å². The zero-order valence-electron chi connectivity index (χ0n) is 11.2. The van der Waals surface area contributed by atoms with Gasteiger partial charge < -0.3 is 9.84 Å². The minimum atomic E-state index is -0.940. The fraction of sp³-hybridized carbons (Fsp3) is 0.500. The summed E-state index contributed by atoms with van der Waals surface area (Å²) in [5, 5.41) is 8.97. The molecule has 0 saturated heterocycles. The van der Waals surface area contributed by atoms with Crippen LogP contribution in [-0.4, -0.2) is 17.2 Å². The van der Waals surface area contributed by atoms with Gasteiger partial charge in [0, 0.05) is 0 Å². The standard InChI is InChI=1S/C14H19BrO3/c1-5-11(13(16)17)18-12-7-6-9(8-10(12)15)14(2,3)4/h6-8,11H,5H2,1-4H3,(H,16,17). The lowest BCUT2D eigenvalue weighted by atomic mass is 9.87. The molecule has 4 heteroatoms. The monoisotopic (exact) mass is 314 g/mol. The first-order valence-corrected chi connectivity index (χ1v) is 6.74. The highest BCUT2D eigenvalue weighted by atomic mass is 79.9. The molecule has 0 fully saturated rings. The number of rotatable bonds is 4. The fourth-order valence-electron chi connectivity index (χ4n) is 1.52. The van der Waals surface area contributed by atoms with E-state index in [-0.39, 0.29) is 5.41 Å². The molecule has 0 saturated carbocycles. The molecule has 1 aromatic rings. The number of carbonyl (C=O) groups is 1. The van der Waals surface area contributed by atoms with Crippen LogP contribution in [0, 0.1) is 0 Å². The molecule has 0 bridgehead atoms. The first kappa shape index (κ1) is 15.0. The Balaban J connectivity index is 2.96. The van der Waals surface area contributed by atoms with Crippen LogP contribution in [-0.2, 0) is 10.2 Å². The van der Waals surface area contributed by atoms with Crippen molar-refractivity contribution in [1.29, 1.82) is 0 Å². The van der Waals surface area contributed by atoms with Crippen LogP contribution in [0.15, 0.2) is 22.7 Å². The van der Waals surface area contributed by atoms with Crippen LogP contribution in [0.25, 0.3) is 0 Å². The molecule has 1 N–H and O–H groups in total. The van der Waals surface area contributed by atoms with Gasteiger partial charge in [-0.15, -0.1) is 0 Å². The highest BCUT2D eigenvalue weighted by molar-refractivity contribution is 9.10. The van der Waals surface area contributed by atoms with Gasteiger partial charge in [0.05, 0.1) is 4.47 Å². The van der Waals surface area contributed by atoms with Crippen molar-refractivity contribution in [3.8, 4) is 5.75 Å². The van der Waals surface area contributed by atoms with Crippen molar-refractivity contribution in [3.63, 3.8) is 0 Å². The van der Waals surface area contributed by atoms with Crippen molar-refractivity contribution >= 4 is 21.9 Å². The molecule has 0 amide bonds. The van der Waals surface area contributed by atoms with E-state index in [9.17, 15) is 4.79 Å². The van der Waals surface area contributed by atoms with Crippen LogP contribution in [0.1, 0.15) is 39.7 Å². The van der Waals surface area contributed by atoms with Gasteiger partial charge in [-0.2, -0.15) is 0 Å². The van der Waals surface area contributed by atoms with Gasteiger partial charge >= 0.3 is 5.97 Å². The van der Waals surface area contributed by atoms with Crippen LogP contribution in [0.4, 0.5) is 0 Å². The Morgan fingerprint density at radius 3 is 2.44 bits per heavy atom. The Hall–Kier alpha value is -1.03. The number of ether oxygens (including phenoxy) is 1. The lowest BCUT2D eigenvalue weighted by Crippen LogP contribution is -2.26. The third-order valence-corrected chi connectivity index (χ3v) is 3.33. The molecule has 0 aromatic heterocycles. The number of hydrogen-bond acceptors (Lipinski definition) is 2. The summed E-state index contributed by atoms with van der Waals surface area (Å²) >= 11 is 3.43. The van der Waals surface area contributed by atoms with E-state index in [2.05, 4.69) is 36.7 Å². The Labute approximate surface area is 116 Å². The topological polar surface area (TPSA) is 46.5 Å². The zero-order valence-corrected chi connectivity index (χ0v) is 12.7. The normalized spacial score (nSPS) is 13.2. The van der Waals surface area contributed by atoms with Crippen LogP contribution >= 0.6 is 15.9 Å². The average Bonchev–Trinajstić information content (AvgIpc) is 2.25. The zero-order chi connectivity index (χ0) is 13.9. The quantitative estimate of drug-likeness (QED) is 0.914. The van der Waals surface area contributed by atoms with E-state index >= 15 is 0 Å². The molecule has 1 aromatic carbocycles. The van der Waals surface area contributed by atoms with Gasteiger partial charge in [0.25, 0.3) is 0 Å². The molecule has 18 heavy (non-hydrogen) atoms. The Kier molecular flexibility index (Phi) is 4.79. The van der Waals surface area contributed by atoms with Crippen molar-refractivity contribution in [3.05, 3.63) is 28.2 Å². The molecule has 1 unspecified atom stereocenters. The maximum atomic E-state index is 10.9. The van der Waals surface area contributed by atoms with Crippen molar-refractivity contribution in [2.24, 2.45) is 0 Å². The summed E-state index contributed by atoms with van der Waals surface area (Å²) in [5.41, 5.74) is 1.22. The maximum absolute atomic E-state index is 10.9. The summed E-state index contributed by atoms with van der Waals surface area (Å²) in [6, 6.07) is 5.76. The van der Waals surface area contributed by atoms with Gasteiger partial charge in [-0.25, -0.2) is 4.79 Å². The smallest absolute Gasteiger partial charge is 0.344 e. The van der Waals surface area contributed by atoms with Crippen molar-refractivity contribution in [2.45, 2.75) is 45.6 Å². The number of aliphatic carboxylic acids is 1. The van der Waals surface area contributed by atoms with Crippen LogP contribution in [0.3, 0.4) is 0 Å². The average molecular weight is 315 g/mol. The first-order valence-electron chi connectivity index (χ1n) is 5.95. The van der Waals surface area contributed by atoms with Crippen molar-refractivity contribution in [2.75, 3.05) is 0 Å². The largest absolute Gasteiger partial charge is 0.479 e. The second-order valence-corrected chi connectivity index (χ2v) is 6.10. The van der Waals surface area contributed by atoms with E-state index in [1.165, 1.54) is 5.56 Å². The third kappa shape index (κ3) is 3.73. The van der Waals surface area contributed by atoms with E-state index in [1.54, 1.807) is 6.92 Å². The fourth-order valence-corrected chi connectivity index (χ4v) is 2.00. The molecule has 0 spiro atoms. The van der Waals surface area contributed by atoms with E-state index in [0.29, 0.717) is 12.2 Å². The summed E-state index contributed by atoms with van der Waals surface area (Å²) in [5.74, 6) is -0.374. The number of benzene rings is 1. The lowest BCUT2D eigenvalue weighted by molar-refractivity contribution is -0.145. The van der Waals surface area contributed by atoms with Gasteiger partial charge in [-0.3, -0.25) is 0 Å². The van der Waals surface area contributed by atoms with E-state index < -0.39 is 12.1 Å². The maximum Gasteiger partial charge on any atom is 0.344 e. The molecule has 3 nitrogen and oxygen atoms in total. The summed E-state index contributed by atoms with van der Waals surface area (Å²) in [4.78, 5) is 10.9. The minimum absolute atomic E-state index is 0.0536. The highest BCUT2D eigenvalue weighted by Crippen LogP contribution is 2.32. The summed E-state index contributed by atoms with van der Waals surface area (Å²) in [6.45, 7) is 8.17. The summed E-state index contributed by atoms with van der Waals surface area (Å²) in [6.07, 6.45) is -0.371. The van der Waals surface area contributed by atoms with Gasteiger partial charge in [0.2, 0.25) is 0 Å². The SMILES string of the molecule is CCC(Oc1ccc(C(C)(C)C)cc1Br)C(=O)O. The predicted molar refractivity (Wildman–Crippen MR) is 75.2 cm³/mol. The molecule has 0 aliphatic rings. The van der Waals surface area contributed by atoms with Crippen LogP contribution in [0.2, 0.25) is 0 Å². The Morgan fingerprint density at radius 1 is 1.44 bits per heavy atom. The molecule has 100 valence electrons. The molecule has 0 aliphatic heterocycles. The van der Waals surface area contributed by atoms with Gasteiger partial charge in [0.1, 0.15) is 5.75 Å². The second kappa shape index (κ2) is 5.74. The number of halogens is 1. The van der Waals surface area contributed by atoms with Crippen LogP contribution < -0.4 is 4.74 Å².